The first kappa shape index (κ1) is 10.8. The maximum absolute atomic E-state index is 5.52. The van der Waals surface area contributed by atoms with Gasteiger partial charge in [0.15, 0.2) is 0 Å². The van der Waals surface area contributed by atoms with E-state index in [4.69, 9.17) is 17.0 Å². The predicted molar refractivity (Wildman–Crippen MR) is 68.7 cm³/mol. The summed E-state index contributed by atoms with van der Waals surface area (Å²) in [6.45, 7) is 0. The lowest BCUT2D eigenvalue weighted by Crippen LogP contribution is -2.24. The van der Waals surface area contributed by atoms with Crippen LogP contribution in [-0.2, 0) is 0 Å². The molecule has 0 aliphatic carbocycles. The third-order valence-corrected chi connectivity index (χ3v) is 2.63. The van der Waals surface area contributed by atoms with Gasteiger partial charge in [0.1, 0.15) is 5.75 Å². The van der Waals surface area contributed by atoms with Crippen molar-refractivity contribution >= 4 is 28.2 Å². The molecule has 0 amide bonds. The molecule has 3 nitrogen and oxygen atoms in total. The first-order valence-electron chi connectivity index (χ1n) is 4.90. The average Bonchev–Trinajstić information content (AvgIpc) is 2.28. The van der Waals surface area contributed by atoms with Crippen molar-refractivity contribution in [2.75, 3.05) is 14.1 Å². The van der Waals surface area contributed by atoms with Crippen LogP contribution in [0.3, 0.4) is 0 Å². The lowest BCUT2D eigenvalue weighted by atomic mass is 10.2. The molecule has 2 aromatic rings. The Morgan fingerprint density at radius 2 is 2.06 bits per heavy atom. The Balaban J connectivity index is 2.29. The second kappa shape index (κ2) is 4.45. The van der Waals surface area contributed by atoms with E-state index in [0.717, 1.165) is 16.5 Å². The highest BCUT2D eigenvalue weighted by molar-refractivity contribution is 7.80. The molecule has 0 fully saturated rings. The molecule has 0 N–H and O–H groups in total. The molecular weight excluding hydrogens is 220 g/mol. The normalized spacial score (nSPS) is 10.1. The third kappa shape index (κ3) is 2.28. The lowest BCUT2D eigenvalue weighted by molar-refractivity contribution is 0.450. The molecule has 4 heteroatoms. The fraction of sp³-hybridized carbons (Fsp3) is 0.167. The molecular formula is C12H12N2OS. The van der Waals surface area contributed by atoms with Gasteiger partial charge in [0.25, 0.3) is 5.17 Å². The summed E-state index contributed by atoms with van der Waals surface area (Å²) in [6, 6.07) is 7.75. The smallest absolute Gasteiger partial charge is 0.264 e. The van der Waals surface area contributed by atoms with E-state index < -0.39 is 0 Å². The quantitative estimate of drug-likeness (QED) is 0.705. The highest BCUT2D eigenvalue weighted by atomic mass is 32.1. The molecule has 1 aromatic carbocycles. The number of rotatable bonds is 1. The van der Waals surface area contributed by atoms with Crippen LogP contribution < -0.4 is 4.74 Å². The summed E-state index contributed by atoms with van der Waals surface area (Å²) in [6.07, 6.45) is 3.58. The Bertz CT molecular complexity index is 525. The molecule has 1 heterocycles. The van der Waals surface area contributed by atoms with E-state index >= 15 is 0 Å². The van der Waals surface area contributed by atoms with Gasteiger partial charge < -0.3 is 9.64 Å². The molecule has 0 aliphatic heterocycles. The third-order valence-electron chi connectivity index (χ3n) is 2.18. The predicted octanol–water partition coefficient (Wildman–Crippen LogP) is 2.46. The van der Waals surface area contributed by atoms with Crippen molar-refractivity contribution in [2.24, 2.45) is 0 Å². The molecule has 0 saturated carbocycles. The number of ether oxygens (including phenoxy) is 1. The summed E-state index contributed by atoms with van der Waals surface area (Å²) >= 11 is 5.07. The minimum atomic E-state index is 0.452. The van der Waals surface area contributed by atoms with Crippen LogP contribution >= 0.6 is 12.2 Å². The van der Waals surface area contributed by atoms with Crippen LogP contribution in [0.4, 0.5) is 0 Å². The fourth-order valence-electron chi connectivity index (χ4n) is 1.32. The van der Waals surface area contributed by atoms with Gasteiger partial charge in [-0.1, -0.05) is 0 Å². The zero-order valence-corrected chi connectivity index (χ0v) is 9.99. The Hall–Kier alpha value is -1.68. The number of fused-ring (bicyclic) bond motifs is 1. The minimum absolute atomic E-state index is 0.452. The summed E-state index contributed by atoms with van der Waals surface area (Å²) in [5.41, 5.74) is 0. The molecule has 1 aromatic heterocycles. The first-order valence-corrected chi connectivity index (χ1v) is 5.30. The average molecular weight is 232 g/mol. The van der Waals surface area contributed by atoms with Gasteiger partial charge in [-0.25, -0.2) is 0 Å². The fourth-order valence-corrected chi connectivity index (χ4v) is 1.41. The molecule has 0 radical (unpaired) electrons. The van der Waals surface area contributed by atoms with Crippen LogP contribution in [0.25, 0.3) is 10.8 Å². The maximum atomic E-state index is 5.52. The first-order chi connectivity index (χ1) is 7.66. The van der Waals surface area contributed by atoms with Crippen LogP contribution in [0.1, 0.15) is 0 Å². The van der Waals surface area contributed by atoms with Crippen LogP contribution in [-0.4, -0.2) is 29.2 Å². The Kier molecular flexibility index (Phi) is 3.01. The number of pyridine rings is 1. The molecule has 0 atom stereocenters. The van der Waals surface area contributed by atoms with Gasteiger partial charge in [0.2, 0.25) is 0 Å². The standard InChI is InChI=1S/C12H12N2OS/c1-14(2)12(16)15-11-4-3-10-8-13-6-5-9(10)7-11/h3-8H,1-2H3. The van der Waals surface area contributed by atoms with Gasteiger partial charge in [0, 0.05) is 31.9 Å². The largest absolute Gasteiger partial charge is 0.432 e. The van der Waals surface area contributed by atoms with Crippen LogP contribution in [0, 0.1) is 0 Å². The van der Waals surface area contributed by atoms with Gasteiger partial charge in [-0.2, -0.15) is 0 Å². The Labute approximate surface area is 99.7 Å². The topological polar surface area (TPSA) is 25.4 Å². The second-order valence-electron chi connectivity index (χ2n) is 3.65. The van der Waals surface area contributed by atoms with Crippen molar-refractivity contribution in [1.82, 2.24) is 9.88 Å². The monoisotopic (exact) mass is 232 g/mol. The van der Waals surface area contributed by atoms with Crippen molar-refractivity contribution in [2.45, 2.75) is 0 Å². The van der Waals surface area contributed by atoms with Gasteiger partial charge in [-0.05, 0) is 41.9 Å². The van der Waals surface area contributed by atoms with E-state index in [-0.39, 0.29) is 0 Å². The highest BCUT2D eigenvalue weighted by Gasteiger charge is 2.02. The minimum Gasteiger partial charge on any atom is -0.432 e. The number of aromatic nitrogens is 1. The molecule has 0 unspecified atom stereocenters. The molecule has 0 spiro atoms. The van der Waals surface area contributed by atoms with Crippen molar-refractivity contribution in [3.8, 4) is 5.75 Å². The SMILES string of the molecule is CN(C)C(=S)Oc1ccc2cnccc2c1. The summed E-state index contributed by atoms with van der Waals surface area (Å²) in [7, 11) is 3.71. The zero-order chi connectivity index (χ0) is 11.5. The zero-order valence-electron chi connectivity index (χ0n) is 9.18. The summed E-state index contributed by atoms with van der Waals surface area (Å²) in [4.78, 5) is 5.81. The molecule has 16 heavy (non-hydrogen) atoms. The lowest BCUT2D eigenvalue weighted by Gasteiger charge is -2.14. The van der Waals surface area contributed by atoms with Crippen molar-refractivity contribution in [3.63, 3.8) is 0 Å². The Morgan fingerprint density at radius 3 is 2.81 bits per heavy atom. The van der Waals surface area contributed by atoms with Crippen LogP contribution in [0.5, 0.6) is 5.75 Å². The van der Waals surface area contributed by atoms with Gasteiger partial charge in [0.05, 0.1) is 0 Å². The van der Waals surface area contributed by atoms with Crippen LogP contribution in [0.15, 0.2) is 36.7 Å². The van der Waals surface area contributed by atoms with Crippen molar-refractivity contribution in [3.05, 3.63) is 36.7 Å². The van der Waals surface area contributed by atoms with E-state index in [2.05, 4.69) is 4.98 Å². The summed E-state index contributed by atoms with van der Waals surface area (Å²) in [5.74, 6) is 0.748. The number of hydrogen-bond acceptors (Lipinski definition) is 3. The number of hydrogen-bond donors (Lipinski definition) is 0. The van der Waals surface area contributed by atoms with E-state index in [0.29, 0.717) is 5.17 Å². The van der Waals surface area contributed by atoms with E-state index in [9.17, 15) is 0 Å². The maximum Gasteiger partial charge on any atom is 0.264 e. The highest BCUT2D eigenvalue weighted by Crippen LogP contribution is 2.20. The van der Waals surface area contributed by atoms with E-state index in [1.54, 1.807) is 11.1 Å². The molecule has 82 valence electrons. The number of benzene rings is 1. The van der Waals surface area contributed by atoms with Gasteiger partial charge >= 0.3 is 0 Å². The van der Waals surface area contributed by atoms with Crippen molar-refractivity contribution < 1.29 is 4.74 Å². The van der Waals surface area contributed by atoms with Crippen molar-refractivity contribution in [1.29, 1.82) is 0 Å². The second-order valence-corrected chi connectivity index (χ2v) is 4.00. The number of nitrogens with zero attached hydrogens (tertiary/aromatic N) is 2. The summed E-state index contributed by atoms with van der Waals surface area (Å²) in [5, 5.41) is 2.63. The van der Waals surface area contributed by atoms with Gasteiger partial charge in [-0.3, -0.25) is 4.98 Å². The molecule has 0 saturated heterocycles. The molecule has 2 rings (SSSR count). The Morgan fingerprint density at radius 1 is 1.25 bits per heavy atom. The van der Waals surface area contributed by atoms with Gasteiger partial charge in [-0.15, -0.1) is 0 Å². The van der Waals surface area contributed by atoms with E-state index in [1.807, 2.05) is 44.6 Å². The molecule has 0 aliphatic rings. The summed E-state index contributed by atoms with van der Waals surface area (Å²) < 4.78 is 5.52. The van der Waals surface area contributed by atoms with Crippen LogP contribution in [0.2, 0.25) is 0 Å². The number of thiocarbonyl (C=S) groups is 1. The molecule has 0 bridgehead atoms. The van der Waals surface area contributed by atoms with E-state index in [1.165, 1.54) is 0 Å².